The Morgan fingerprint density at radius 1 is 1.73 bits per heavy atom. The third-order valence-corrected chi connectivity index (χ3v) is 2.97. The van der Waals surface area contributed by atoms with Gasteiger partial charge in [-0.05, 0) is 17.9 Å². The molecular formula is C11H15NO2S. The van der Waals surface area contributed by atoms with E-state index in [0.29, 0.717) is 0 Å². The predicted molar refractivity (Wildman–Crippen MR) is 61.9 cm³/mol. The minimum atomic E-state index is -0.927. The van der Waals surface area contributed by atoms with Crippen molar-refractivity contribution in [3.8, 4) is 0 Å². The van der Waals surface area contributed by atoms with Crippen LogP contribution < -0.4 is 5.32 Å². The molecular weight excluding hydrogens is 210 g/mol. The highest BCUT2D eigenvalue weighted by Gasteiger charge is 2.08. The second-order valence-electron chi connectivity index (χ2n) is 3.19. The summed E-state index contributed by atoms with van der Waals surface area (Å²) in [5.41, 5.74) is 0. The largest absolute Gasteiger partial charge is 0.478 e. The van der Waals surface area contributed by atoms with Crippen molar-refractivity contribution in [1.82, 2.24) is 5.32 Å². The molecule has 0 bridgehead atoms. The standard InChI is InChI=1S/C11H15NO2S/c1-2-4-9(10-5-3-8-15-10)12-7-6-11(13)14/h3,5-9,12H,2,4H2,1H3,(H,13,14)/b7-6+. The van der Waals surface area contributed by atoms with E-state index in [1.807, 2.05) is 11.4 Å². The van der Waals surface area contributed by atoms with Gasteiger partial charge in [0.15, 0.2) is 0 Å². The van der Waals surface area contributed by atoms with Gasteiger partial charge in [0.1, 0.15) is 0 Å². The van der Waals surface area contributed by atoms with Gasteiger partial charge in [-0.2, -0.15) is 0 Å². The summed E-state index contributed by atoms with van der Waals surface area (Å²) in [5.74, 6) is -0.927. The van der Waals surface area contributed by atoms with Crippen LogP contribution in [0.25, 0.3) is 0 Å². The molecule has 0 saturated carbocycles. The molecule has 3 nitrogen and oxygen atoms in total. The average Bonchev–Trinajstić information content (AvgIpc) is 2.68. The zero-order valence-corrected chi connectivity index (χ0v) is 9.46. The van der Waals surface area contributed by atoms with Gasteiger partial charge in [-0.15, -0.1) is 11.3 Å². The molecule has 1 aromatic heterocycles. The van der Waals surface area contributed by atoms with E-state index in [2.05, 4.69) is 18.3 Å². The fourth-order valence-corrected chi connectivity index (χ4v) is 2.14. The first-order valence-electron chi connectivity index (χ1n) is 4.93. The van der Waals surface area contributed by atoms with Crippen LogP contribution in [-0.4, -0.2) is 11.1 Å². The van der Waals surface area contributed by atoms with E-state index in [1.165, 1.54) is 11.1 Å². The smallest absolute Gasteiger partial charge is 0.329 e. The van der Waals surface area contributed by atoms with Gasteiger partial charge < -0.3 is 10.4 Å². The average molecular weight is 225 g/mol. The summed E-state index contributed by atoms with van der Waals surface area (Å²) in [4.78, 5) is 11.5. The summed E-state index contributed by atoms with van der Waals surface area (Å²) in [5, 5.41) is 13.6. The molecule has 1 rings (SSSR count). The normalized spacial score (nSPS) is 12.9. The van der Waals surface area contributed by atoms with E-state index < -0.39 is 5.97 Å². The summed E-state index contributed by atoms with van der Waals surface area (Å²) >= 11 is 1.69. The minimum absolute atomic E-state index is 0.227. The fourth-order valence-electron chi connectivity index (χ4n) is 1.32. The maximum absolute atomic E-state index is 10.3. The van der Waals surface area contributed by atoms with Crippen LogP contribution in [0.1, 0.15) is 30.7 Å². The van der Waals surface area contributed by atoms with Crippen LogP contribution in [0.15, 0.2) is 29.8 Å². The van der Waals surface area contributed by atoms with Crippen LogP contribution in [0.4, 0.5) is 0 Å². The van der Waals surface area contributed by atoms with E-state index in [0.717, 1.165) is 18.9 Å². The van der Waals surface area contributed by atoms with Crippen molar-refractivity contribution in [2.24, 2.45) is 0 Å². The summed E-state index contributed by atoms with van der Waals surface area (Å²) < 4.78 is 0. The van der Waals surface area contributed by atoms with Gasteiger partial charge in [-0.3, -0.25) is 0 Å². The Morgan fingerprint density at radius 2 is 2.53 bits per heavy atom. The molecule has 0 aliphatic rings. The number of carboxylic acids is 1. The summed E-state index contributed by atoms with van der Waals surface area (Å²) in [6.07, 6.45) is 4.69. The molecule has 1 atom stereocenters. The van der Waals surface area contributed by atoms with Gasteiger partial charge in [-0.1, -0.05) is 19.4 Å². The molecule has 82 valence electrons. The number of nitrogens with one attached hydrogen (secondary N) is 1. The molecule has 1 aromatic rings. The van der Waals surface area contributed by atoms with Crippen molar-refractivity contribution in [3.63, 3.8) is 0 Å². The summed E-state index contributed by atoms with van der Waals surface area (Å²) in [7, 11) is 0. The second-order valence-corrected chi connectivity index (χ2v) is 4.17. The molecule has 0 aromatic carbocycles. The number of carbonyl (C=O) groups is 1. The fraction of sp³-hybridized carbons (Fsp3) is 0.364. The van der Waals surface area contributed by atoms with Crippen molar-refractivity contribution >= 4 is 17.3 Å². The SMILES string of the molecule is CCCC(N/C=C/C(=O)O)c1cccs1. The molecule has 0 amide bonds. The lowest BCUT2D eigenvalue weighted by molar-refractivity contribution is -0.131. The van der Waals surface area contributed by atoms with Crippen molar-refractivity contribution in [1.29, 1.82) is 0 Å². The van der Waals surface area contributed by atoms with Gasteiger partial charge in [-0.25, -0.2) is 4.79 Å². The molecule has 1 heterocycles. The number of hydrogen-bond acceptors (Lipinski definition) is 3. The van der Waals surface area contributed by atoms with Crippen molar-refractivity contribution < 1.29 is 9.90 Å². The third-order valence-electron chi connectivity index (χ3n) is 1.99. The zero-order chi connectivity index (χ0) is 11.1. The Labute approximate surface area is 93.4 Å². The Balaban J connectivity index is 2.55. The maximum Gasteiger partial charge on any atom is 0.329 e. The van der Waals surface area contributed by atoms with Gasteiger partial charge in [0.25, 0.3) is 0 Å². The lowest BCUT2D eigenvalue weighted by Crippen LogP contribution is -2.14. The predicted octanol–water partition coefficient (Wildman–Crippen LogP) is 2.78. The number of carboxylic acid groups (broad SMARTS) is 1. The molecule has 0 aliphatic carbocycles. The van der Waals surface area contributed by atoms with E-state index in [4.69, 9.17) is 5.11 Å². The van der Waals surface area contributed by atoms with Gasteiger partial charge >= 0.3 is 5.97 Å². The number of rotatable bonds is 6. The van der Waals surface area contributed by atoms with Crippen LogP contribution in [-0.2, 0) is 4.79 Å². The number of aliphatic carboxylic acids is 1. The molecule has 15 heavy (non-hydrogen) atoms. The van der Waals surface area contributed by atoms with Crippen LogP contribution in [0.2, 0.25) is 0 Å². The Bertz CT molecular complexity index is 319. The highest BCUT2D eigenvalue weighted by atomic mass is 32.1. The van der Waals surface area contributed by atoms with Crippen LogP contribution in [0.5, 0.6) is 0 Å². The molecule has 0 aliphatic heterocycles. The van der Waals surface area contributed by atoms with Crippen molar-refractivity contribution in [2.75, 3.05) is 0 Å². The molecule has 0 saturated heterocycles. The van der Waals surface area contributed by atoms with Crippen molar-refractivity contribution in [3.05, 3.63) is 34.7 Å². The topological polar surface area (TPSA) is 49.3 Å². The Morgan fingerprint density at radius 3 is 3.07 bits per heavy atom. The first-order chi connectivity index (χ1) is 7.24. The van der Waals surface area contributed by atoms with Crippen LogP contribution >= 0.6 is 11.3 Å². The third kappa shape index (κ3) is 4.16. The second kappa shape index (κ2) is 6.24. The maximum atomic E-state index is 10.3. The van der Waals surface area contributed by atoms with Gasteiger partial charge in [0.05, 0.1) is 6.04 Å². The van der Waals surface area contributed by atoms with Crippen LogP contribution in [0.3, 0.4) is 0 Å². The van der Waals surface area contributed by atoms with E-state index >= 15 is 0 Å². The van der Waals surface area contributed by atoms with Gasteiger partial charge in [0.2, 0.25) is 0 Å². The molecule has 2 N–H and O–H groups in total. The molecule has 4 heteroatoms. The first kappa shape index (κ1) is 11.8. The Kier molecular flexibility index (Phi) is 4.90. The lowest BCUT2D eigenvalue weighted by Gasteiger charge is -2.14. The Hall–Kier alpha value is -1.29. The number of thiophene rings is 1. The number of hydrogen-bond donors (Lipinski definition) is 2. The van der Waals surface area contributed by atoms with E-state index in [9.17, 15) is 4.79 Å². The monoisotopic (exact) mass is 225 g/mol. The quantitative estimate of drug-likeness (QED) is 0.732. The molecule has 0 spiro atoms. The zero-order valence-electron chi connectivity index (χ0n) is 8.64. The van der Waals surface area contributed by atoms with Crippen molar-refractivity contribution in [2.45, 2.75) is 25.8 Å². The molecule has 0 fully saturated rings. The molecule has 0 radical (unpaired) electrons. The first-order valence-corrected chi connectivity index (χ1v) is 5.81. The summed E-state index contributed by atoms with van der Waals surface area (Å²) in [6, 6.07) is 4.29. The van der Waals surface area contributed by atoms with E-state index in [1.54, 1.807) is 11.3 Å². The minimum Gasteiger partial charge on any atom is -0.478 e. The van der Waals surface area contributed by atoms with E-state index in [-0.39, 0.29) is 6.04 Å². The molecule has 1 unspecified atom stereocenters. The highest BCUT2D eigenvalue weighted by Crippen LogP contribution is 2.22. The van der Waals surface area contributed by atoms with Gasteiger partial charge in [0, 0.05) is 17.2 Å². The summed E-state index contributed by atoms with van der Waals surface area (Å²) in [6.45, 7) is 2.11. The van der Waals surface area contributed by atoms with Crippen LogP contribution in [0, 0.1) is 0 Å². The lowest BCUT2D eigenvalue weighted by atomic mass is 10.1. The highest BCUT2D eigenvalue weighted by molar-refractivity contribution is 7.10.